The van der Waals surface area contributed by atoms with E-state index >= 15 is 0 Å². The number of aryl methyl sites for hydroxylation is 2. The Morgan fingerprint density at radius 3 is 2.22 bits per heavy atom. The van der Waals surface area contributed by atoms with Gasteiger partial charge in [0.05, 0.1) is 33.2 Å². The van der Waals surface area contributed by atoms with Crippen molar-refractivity contribution in [3.05, 3.63) is 75.8 Å². The Morgan fingerprint density at radius 1 is 0.865 bits per heavy atom. The van der Waals surface area contributed by atoms with E-state index in [1.54, 1.807) is 37.4 Å². The number of amides is 2. The Labute approximate surface area is 220 Å². The Hall–Kier alpha value is -4.24. The molecule has 0 fully saturated rings. The first-order valence-electron chi connectivity index (χ1n) is 11.2. The lowest BCUT2D eigenvalue weighted by atomic mass is 10.1. The van der Waals surface area contributed by atoms with E-state index in [0.717, 1.165) is 16.7 Å². The number of hydrazone groups is 1. The van der Waals surface area contributed by atoms with Gasteiger partial charge in [-0.2, -0.15) is 5.10 Å². The van der Waals surface area contributed by atoms with Crippen molar-refractivity contribution in [2.24, 2.45) is 5.10 Å². The molecule has 2 N–H and O–H groups in total. The molecule has 0 heterocycles. The summed E-state index contributed by atoms with van der Waals surface area (Å²) in [7, 11) is 4.53. The second kappa shape index (κ2) is 12.6. The molecular formula is C27H28ClN3O6. The van der Waals surface area contributed by atoms with E-state index in [1.165, 1.54) is 20.4 Å². The summed E-state index contributed by atoms with van der Waals surface area (Å²) in [4.78, 5) is 24.5. The van der Waals surface area contributed by atoms with Crippen LogP contribution in [0.4, 0.5) is 5.69 Å². The van der Waals surface area contributed by atoms with Crippen molar-refractivity contribution in [1.29, 1.82) is 0 Å². The zero-order valence-electron chi connectivity index (χ0n) is 21.2. The third-order valence-electron chi connectivity index (χ3n) is 5.35. The molecular weight excluding hydrogens is 498 g/mol. The van der Waals surface area contributed by atoms with Crippen LogP contribution < -0.4 is 29.7 Å². The van der Waals surface area contributed by atoms with Gasteiger partial charge in [-0.25, -0.2) is 5.43 Å². The van der Waals surface area contributed by atoms with E-state index < -0.39 is 11.8 Å². The second-order valence-corrected chi connectivity index (χ2v) is 8.33. The summed E-state index contributed by atoms with van der Waals surface area (Å²) in [6, 6.07) is 13.9. The maximum Gasteiger partial charge on any atom is 0.329 e. The number of nitrogens with zero attached hydrogens (tertiary/aromatic N) is 1. The number of hydrogen-bond acceptors (Lipinski definition) is 7. The standard InChI is InChI=1S/C27H28ClN3O6/c1-16-10-21(11-17(2)25(16)28)37-15-19-12-18(6-9-23(19)35-4)14-29-31-27(33)26(32)30-22-8-7-20(34-3)13-24(22)36-5/h6-14H,15H2,1-5H3,(H,30,32)(H,31,33). The molecule has 0 radical (unpaired) electrons. The molecule has 37 heavy (non-hydrogen) atoms. The molecule has 3 aromatic rings. The smallest absolute Gasteiger partial charge is 0.329 e. The summed E-state index contributed by atoms with van der Waals surface area (Å²) in [5.41, 5.74) is 5.82. The third kappa shape index (κ3) is 7.14. The van der Waals surface area contributed by atoms with Crippen molar-refractivity contribution in [3.63, 3.8) is 0 Å². The van der Waals surface area contributed by atoms with E-state index in [2.05, 4.69) is 15.8 Å². The van der Waals surface area contributed by atoms with Gasteiger partial charge in [0.1, 0.15) is 29.6 Å². The van der Waals surface area contributed by atoms with E-state index in [0.29, 0.717) is 39.3 Å². The molecule has 0 aromatic heterocycles. The van der Waals surface area contributed by atoms with Crippen LogP contribution in [-0.2, 0) is 16.2 Å². The molecule has 3 aromatic carbocycles. The van der Waals surface area contributed by atoms with Gasteiger partial charge in [0.25, 0.3) is 0 Å². The van der Waals surface area contributed by atoms with Gasteiger partial charge < -0.3 is 24.3 Å². The predicted molar refractivity (Wildman–Crippen MR) is 142 cm³/mol. The van der Waals surface area contributed by atoms with Crippen LogP contribution in [0.2, 0.25) is 5.02 Å². The number of methoxy groups -OCH3 is 3. The van der Waals surface area contributed by atoms with Gasteiger partial charge >= 0.3 is 11.8 Å². The van der Waals surface area contributed by atoms with Crippen LogP contribution in [0, 0.1) is 13.8 Å². The highest BCUT2D eigenvalue weighted by Crippen LogP contribution is 2.29. The van der Waals surface area contributed by atoms with Gasteiger partial charge in [0, 0.05) is 16.7 Å². The number of carbonyl (C=O) groups is 2. The first-order valence-corrected chi connectivity index (χ1v) is 11.6. The lowest BCUT2D eigenvalue weighted by Gasteiger charge is -2.13. The molecule has 9 nitrogen and oxygen atoms in total. The molecule has 0 aliphatic carbocycles. The van der Waals surface area contributed by atoms with Crippen LogP contribution in [0.5, 0.6) is 23.0 Å². The summed E-state index contributed by atoms with van der Waals surface area (Å²) in [6.07, 6.45) is 1.42. The molecule has 0 bridgehead atoms. The minimum atomic E-state index is -0.945. The largest absolute Gasteiger partial charge is 0.497 e. The highest BCUT2D eigenvalue weighted by Gasteiger charge is 2.16. The molecule has 194 valence electrons. The maximum atomic E-state index is 12.3. The number of halogens is 1. The van der Waals surface area contributed by atoms with Crippen molar-refractivity contribution in [2.45, 2.75) is 20.5 Å². The average molecular weight is 526 g/mol. The average Bonchev–Trinajstić information content (AvgIpc) is 2.90. The Kier molecular flexibility index (Phi) is 9.34. The first kappa shape index (κ1) is 27.3. The van der Waals surface area contributed by atoms with Crippen molar-refractivity contribution in [2.75, 3.05) is 26.6 Å². The molecule has 3 rings (SSSR count). The van der Waals surface area contributed by atoms with Gasteiger partial charge in [-0.05, 0) is 73.0 Å². The number of nitrogens with one attached hydrogen (secondary N) is 2. The van der Waals surface area contributed by atoms with Crippen LogP contribution in [0.25, 0.3) is 0 Å². The highest BCUT2D eigenvalue weighted by atomic mass is 35.5. The molecule has 0 aliphatic rings. The number of rotatable bonds is 9. The van der Waals surface area contributed by atoms with Crippen LogP contribution in [0.1, 0.15) is 22.3 Å². The van der Waals surface area contributed by atoms with E-state index in [1.807, 2.05) is 32.0 Å². The zero-order valence-corrected chi connectivity index (χ0v) is 21.9. The van der Waals surface area contributed by atoms with Crippen molar-refractivity contribution in [1.82, 2.24) is 5.43 Å². The normalized spacial score (nSPS) is 10.6. The number of carbonyl (C=O) groups excluding carboxylic acids is 2. The van der Waals surface area contributed by atoms with Crippen LogP contribution in [-0.4, -0.2) is 39.4 Å². The minimum Gasteiger partial charge on any atom is -0.497 e. The summed E-state index contributed by atoms with van der Waals surface area (Å²) < 4.78 is 21.7. The van der Waals surface area contributed by atoms with E-state index in [-0.39, 0.29) is 6.61 Å². The third-order valence-corrected chi connectivity index (χ3v) is 5.95. The Morgan fingerprint density at radius 2 is 1.57 bits per heavy atom. The summed E-state index contributed by atoms with van der Waals surface area (Å²) in [6.45, 7) is 4.08. The van der Waals surface area contributed by atoms with Gasteiger partial charge in [-0.1, -0.05) is 11.6 Å². The van der Waals surface area contributed by atoms with Crippen molar-refractivity contribution in [3.8, 4) is 23.0 Å². The monoisotopic (exact) mass is 525 g/mol. The molecule has 0 saturated heterocycles. The molecule has 0 unspecified atom stereocenters. The number of ether oxygens (including phenoxy) is 4. The molecule has 0 atom stereocenters. The van der Waals surface area contributed by atoms with Gasteiger partial charge in [0.15, 0.2) is 0 Å². The zero-order chi connectivity index (χ0) is 26.9. The summed E-state index contributed by atoms with van der Waals surface area (Å²) in [5, 5.41) is 7.08. The quantitative estimate of drug-likeness (QED) is 0.239. The summed E-state index contributed by atoms with van der Waals surface area (Å²) >= 11 is 6.24. The lowest BCUT2D eigenvalue weighted by molar-refractivity contribution is -0.136. The maximum absolute atomic E-state index is 12.3. The lowest BCUT2D eigenvalue weighted by Crippen LogP contribution is -2.32. The Bertz CT molecular complexity index is 1300. The van der Waals surface area contributed by atoms with Crippen LogP contribution >= 0.6 is 11.6 Å². The fraction of sp³-hybridized carbons (Fsp3) is 0.222. The Balaban J connectivity index is 1.63. The van der Waals surface area contributed by atoms with Crippen LogP contribution in [0.3, 0.4) is 0 Å². The predicted octanol–water partition coefficient (Wildman–Crippen LogP) is 4.65. The number of hydrogen-bond donors (Lipinski definition) is 2. The molecule has 0 saturated carbocycles. The summed E-state index contributed by atoms with van der Waals surface area (Å²) in [5.74, 6) is 0.369. The van der Waals surface area contributed by atoms with Crippen molar-refractivity contribution < 1.29 is 28.5 Å². The van der Waals surface area contributed by atoms with Gasteiger partial charge in [-0.15, -0.1) is 0 Å². The highest BCUT2D eigenvalue weighted by molar-refractivity contribution is 6.39. The van der Waals surface area contributed by atoms with E-state index in [4.69, 9.17) is 30.5 Å². The van der Waals surface area contributed by atoms with Gasteiger partial charge in [-0.3, -0.25) is 9.59 Å². The fourth-order valence-corrected chi connectivity index (χ4v) is 3.55. The molecule has 10 heteroatoms. The molecule has 0 aliphatic heterocycles. The van der Waals surface area contributed by atoms with Gasteiger partial charge in [0.2, 0.25) is 0 Å². The minimum absolute atomic E-state index is 0.240. The fourth-order valence-electron chi connectivity index (χ4n) is 3.44. The first-order chi connectivity index (χ1) is 17.7. The SMILES string of the molecule is COc1ccc(NC(=O)C(=O)NN=Cc2ccc(OC)c(COc3cc(C)c(Cl)c(C)c3)c2)c(OC)c1. The topological polar surface area (TPSA) is 107 Å². The number of anilines is 1. The van der Waals surface area contributed by atoms with Crippen LogP contribution in [0.15, 0.2) is 53.6 Å². The van der Waals surface area contributed by atoms with E-state index in [9.17, 15) is 9.59 Å². The second-order valence-electron chi connectivity index (χ2n) is 7.95. The number of benzene rings is 3. The molecule has 2 amide bonds. The van der Waals surface area contributed by atoms with Crippen molar-refractivity contribution >= 4 is 35.3 Å². The molecule has 0 spiro atoms.